The molecular formula is C58H42N4O. The van der Waals surface area contributed by atoms with Gasteiger partial charge in [-0.2, -0.15) is 5.26 Å². The molecule has 9 rings (SSSR count). The molecule has 0 fully saturated rings. The Balaban J connectivity index is 0.965. The van der Waals surface area contributed by atoms with Gasteiger partial charge in [-0.15, -0.1) is 0 Å². The molecule has 300 valence electrons. The van der Waals surface area contributed by atoms with Gasteiger partial charge in [0.15, 0.2) is 0 Å². The number of hydrogen-bond donors (Lipinski definition) is 0. The fourth-order valence-electron chi connectivity index (χ4n) is 8.03. The van der Waals surface area contributed by atoms with Gasteiger partial charge in [-0.3, -0.25) is 0 Å². The van der Waals surface area contributed by atoms with Crippen LogP contribution < -0.4 is 14.5 Å². The smallest absolute Gasteiger partial charge is 0.202 e. The van der Waals surface area contributed by atoms with Crippen molar-refractivity contribution in [1.82, 2.24) is 0 Å². The summed E-state index contributed by atoms with van der Waals surface area (Å²) in [5.41, 5.74) is 11.5. The maximum absolute atomic E-state index is 10.5. The Hall–Kier alpha value is -8.64. The van der Waals surface area contributed by atoms with Crippen LogP contribution in [0.5, 0.6) is 5.75 Å². The summed E-state index contributed by atoms with van der Waals surface area (Å²) in [6.07, 6.45) is 8.27. The zero-order chi connectivity index (χ0) is 43.0. The molecule has 0 saturated heterocycles. The second-order valence-corrected chi connectivity index (χ2v) is 15.0. The Bertz CT molecular complexity index is 3130. The molecule has 0 atom stereocenters. The number of fused-ring (bicyclic) bond motifs is 2. The minimum absolute atomic E-state index is 0.544. The fraction of sp³-hybridized carbons (Fsp3) is 0.0345. The lowest BCUT2D eigenvalue weighted by Crippen LogP contribution is -2.09. The first-order chi connectivity index (χ1) is 31.1. The molecule has 63 heavy (non-hydrogen) atoms. The quantitative estimate of drug-likeness (QED) is 0.0700. The van der Waals surface area contributed by atoms with Crippen LogP contribution in [0, 0.1) is 17.9 Å². The second-order valence-electron chi connectivity index (χ2n) is 15.0. The van der Waals surface area contributed by atoms with Gasteiger partial charge in [0.25, 0.3) is 0 Å². The lowest BCUT2D eigenvalue weighted by Gasteiger charge is -2.25. The number of hydrogen-bond acceptors (Lipinski definition) is 4. The Labute approximate surface area is 368 Å². The molecule has 0 aliphatic heterocycles. The van der Waals surface area contributed by atoms with E-state index in [0.717, 1.165) is 83.7 Å². The van der Waals surface area contributed by atoms with Crippen molar-refractivity contribution in [1.29, 1.82) is 5.26 Å². The summed E-state index contributed by atoms with van der Waals surface area (Å²) in [5, 5.41) is 13.6. The summed E-state index contributed by atoms with van der Waals surface area (Å²) < 4.78 is 5.69. The molecule has 5 nitrogen and oxygen atoms in total. The van der Waals surface area contributed by atoms with Crippen LogP contribution in [0.2, 0.25) is 0 Å². The number of para-hydroxylation sites is 3. The topological polar surface area (TPSA) is 43.9 Å². The van der Waals surface area contributed by atoms with E-state index < -0.39 is 0 Å². The van der Waals surface area contributed by atoms with E-state index in [9.17, 15) is 5.26 Å². The molecule has 5 heteroatoms. The van der Waals surface area contributed by atoms with Gasteiger partial charge in [0.1, 0.15) is 11.8 Å². The molecule has 9 aromatic carbocycles. The molecule has 0 radical (unpaired) electrons. The average Bonchev–Trinajstić information content (AvgIpc) is 3.34. The molecule has 0 aliphatic carbocycles. The molecule has 0 spiro atoms. The van der Waals surface area contributed by atoms with E-state index >= 15 is 0 Å². The molecule has 0 aliphatic rings. The number of benzene rings is 9. The minimum Gasteiger partial charge on any atom is -0.494 e. The highest BCUT2D eigenvalue weighted by Gasteiger charge is 2.16. The van der Waals surface area contributed by atoms with Crippen LogP contribution in [0.15, 0.2) is 200 Å². The van der Waals surface area contributed by atoms with Crippen molar-refractivity contribution in [2.24, 2.45) is 0 Å². The van der Waals surface area contributed by atoms with Crippen LogP contribution in [0.1, 0.15) is 34.7 Å². The van der Waals surface area contributed by atoms with Crippen molar-refractivity contribution in [3.05, 3.63) is 239 Å². The third-order valence-electron chi connectivity index (χ3n) is 11.0. The normalized spacial score (nSPS) is 11.2. The van der Waals surface area contributed by atoms with Crippen LogP contribution >= 0.6 is 0 Å². The maximum atomic E-state index is 10.5. The molecule has 0 amide bonds. The average molecular weight is 811 g/mol. The largest absolute Gasteiger partial charge is 0.494 e. The number of nitrogens with zero attached hydrogens (tertiary/aromatic N) is 4. The predicted octanol–water partition coefficient (Wildman–Crippen LogP) is 16.1. The van der Waals surface area contributed by atoms with E-state index in [-0.39, 0.29) is 0 Å². The Morgan fingerprint density at radius 1 is 0.460 bits per heavy atom. The summed E-state index contributed by atoms with van der Waals surface area (Å²) in [6, 6.07) is 70.6. The zero-order valence-electron chi connectivity index (χ0n) is 34.8. The highest BCUT2D eigenvalue weighted by atomic mass is 16.5. The maximum Gasteiger partial charge on any atom is 0.202 e. The van der Waals surface area contributed by atoms with Gasteiger partial charge >= 0.3 is 0 Å². The zero-order valence-corrected chi connectivity index (χ0v) is 34.8. The Morgan fingerprint density at radius 3 is 1.27 bits per heavy atom. The van der Waals surface area contributed by atoms with Crippen LogP contribution in [-0.2, 0) is 0 Å². The van der Waals surface area contributed by atoms with Gasteiger partial charge in [0, 0.05) is 34.1 Å². The van der Waals surface area contributed by atoms with Gasteiger partial charge in [-0.1, -0.05) is 133 Å². The summed E-state index contributed by atoms with van der Waals surface area (Å²) in [4.78, 5) is 8.48. The van der Waals surface area contributed by atoms with Crippen molar-refractivity contribution in [2.45, 2.75) is 6.92 Å². The summed E-state index contributed by atoms with van der Waals surface area (Å²) in [6.45, 7) is 10.9. The Morgan fingerprint density at radius 2 is 0.841 bits per heavy atom. The number of rotatable bonds is 12. The summed E-state index contributed by atoms with van der Waals surface area (Å²) in [7, 11) is 0. The second kappa shape index (κ2) is 18.3. The van der Waals surface area contributed by atoms with Gasteiger partial charge < -0.3 is 14.5 Å². The molecule has 0 aromatic heterocycles. The van der Waals surface area contributed by atoms with E-state index in [4.69, 9.17) is 11.3 Å². The molecule has 9 aromatic rings. The predicted molar refractivity (Wildman–Crippen MR) is 264 cm³/mol. The third-order valence-corrected chi connectivity index (χ3v) is 11.0. The van der Waals surface area contributed by atoms with Gasteiger partial charge in [-0.25, -0.2) is 4.85 Å². The molecule has 0 heterocycles. The SMILES string of the molecule is [C-]#[N+]c1c2ccc(/C=C\c3ccc(N(c4ccccc4)c4ccc(OCC)cc4)cc3)cc2c(C#N)c2ccc(/C=C\c3ccc(N(c4ccccc4)c4ccccc4)cc3)cc12. The number of anilines is 6. The van der Waals surface area contributed by atoms with E-state index in [1.54, 1.807) is 0 Å². The van der Waals surface area contributed by atoms with Crippen molar-refractivity contribution >= 4 is 85.7 Å². The van der Waals surface area contributed by atoms with E-state index in [1.165, 1.54) is 0 Å². The van der Waals surface area contributed by atoms with Crippen LogP contribution in [-0.4, -0.2) is 6.61 Å². The first-order valence-corrected chi connectivity index (χ1v) is 21.0. The van der Waals surface area contributed by atoms with Crippen LogP contribution in [0.25, 0.3) is 50.7 Å². The minimum atomic E-state index is 0.544. The lowest BCUT2D eigenvalue weighted by atomic mass is 9.93. The lowest BCUT2D eigenvalue weighted by molar-refractivity contribution is 0.340. The van der Waals surface area contributed by atoms with E-state index in [1.807, 2.05) is 85.8 Å². The van der Waals surface area contributed by atoms with E-state index in [0.29, 0.717) is 17.9 Å². The van der Waals surface area contributed by atoms with Crippen molar-refractivity contribution < 1.29 is 4.74 Å². The number of nitriles is 1. The molecular weight excluding hydrogens is 769 g/mol. The highest BCUT2D eigenvalue weighted by molar-refractivity contribution is 6.16. The van der Waals surface area contributed by atoms with Gasteiger partial charge in [0.2, 0.25) is 5.69 Å². The summed E-state index contributed by atoms with van der Waals surface area (Å²) >= 11 is 0. The van der Waals surface area contributed by atoms with Crippen molar-refractivity contribution in [3.63, 3.8) is 0 Å². The highest BCUT2D eigenvalue weighted by Crippen LogP contribution is 2.41. The molecule has 0 unspecified atom stereocenters. The van der Waals surface area contributed by atoms with Crippen LogP contribution in [0.4, 0.5) is 39.8 Å². The third kappa shape index (κ3) is 8.54. The van der Waals surface area contributed by atoms with Crippen LogP contribution in [0.3, 0.4) is 0 Å². The van der Waals surface area contributed by atoms with Gasteiger partial charge in [-0.05, 0) is 142 Å². The van der Waals surface area contributed by atoms with Gasteiger partial charge in [0.05, 0.1) is 18.7 Å². The van der Waals surface area contributed by atoms with E-state index in [2.05, 4.69) is 166 Å². The molecule has 0 bridgehead atoms. The first-order valence-electron chi connectivity index (χ1n) is 21.0. The monoisotopic (exact) mass is 810 g/mol. The molecule has 0 saturated carbocycles. The number of ether oxygens (including phenoxy) is 1. The standard InChI is InChI=1S/C58H42N4O/c1-3-63-52-35-33-51(34-36-52)62(48-17-11-6-12-18-48)50-31-25-42(26-32-50)19-21-44-28-38-54-55(39-44)57(41-59)53-37-27-45(40-56(53)58(54)60-2)22-20-43-23-29-49(30-24-43)61(46-13-7-4-8-14-46)47-15-9-5-10-16-47/h4-40H,3H2,1H3/b21-19-,22-20-. The fourth-order valence-corrected chi connectivity index (χ4v) is 8.03. The molecule has 0 N–H and O–H groups in total. The Kier molecular flexibility index (Phi) is 11.6. The summed E-state index contributed by atoms with van der Waals surface area (Å²) in [5.74, 6) is 0.843. The first kappa shape index (κ1) is 39.8. The van der Waals surface area contributed by atoms with Crippen molar-refractivity contribution in [2.75, 3.05) is 16.4 Å². The van der Waals surface area contributed by atoms with Crippen molar-refractivity contribution in [3.8, 4) is 11.8 Å².